The van der Waals surface area contributed by atoms with E-state index in [2.05, 4.69) is 32.6 Å². The minimum Gasteiger partial charge on any atom is -0.490 e. The fourth-order valence-corrected chi connectivity index (χ4v) is 4.79. The fraction of sp³-hybridized carbons (Fsp3) is 0.136. The Morgan fingerprint density at radius 2 is 2.06 bits per heavy atom. The average Bonchev–Trinajstić information content (AvgIpc) is 3.03. The van der Waals surface area contributed by atoms with E-state index in [4.69, 9.17) is 51.3 Å². The maximum atomic E-state index is 12.9. The number of carbonyl (C=O) groups excluding carboxylic acids is 2. The molecule has 0 radical (unpaired) electrons. The number of nitrogens with one attached hydrogen (secondary N) is 2. The van der Waals surface area contributed by atoms with Crippen LogP contribution >= 0.6 is 63.1 Å². The van der Waals surface area contributed by atoms with Crippen molar-refractivity contribution < 1.29 is 19.1 Å². The van der Waals surface area contributed by atoms with Crippen molar-refractivity contribution in [3.05, 3.63) is 55.3 Å². The second-order valence-corrected chi connectivity index (χ2v) is 9.81. The molecule has 0 bridgehead atoms. The first-order valence-electron chi connectivity index (χ1n) is 9.56. The first kappa shape index (κ1) is 26.2. The third-order valence-electron chi connectivity index (χ3n) is 4.11. The highest BCUT2D eigenvalue weighted by molar-refractivity contribution is 9.10. The van der Waals surface area contributed by atoms with Crippen molar-refractivity contribution in [1.82, 2.24) is 10.4 Å². The molecular weight excluding hydrogens is 585 g/mol. The molecule has 0 unspecified atom stereocenters. The maximum Gasteiger partial charge on any atom is 0.338 e. The lowest BCUT2D eigenvalue weighted by Gasteiger charge is -2.16. The van der Waals surface area contributed by atoms with Crippen LogP contribution in [-0.2, 0) is 4.79 Å². The number of anilines is 1. The first-order chi connectivity index (χ1) is 16.2. The van der Waals surface area contributed by atoms with Gasteiger partial charge in [-0.2, -0.15) is 5.01 Å². The SMILES string of the molecule is C#CCOc1c(Br)cc(/C=C2\SC(=S)N(NC(=O)Nc3ccc(Cl)c(Cl)c3)C2=O)cc1OCC. The van der Waals surface area contributed by atoms with E-state index in [-0.39, 0.29) is 16.0 Å². The number of nitrogens with zero attached hydrogens (tertiary/aromatic N) is 1. The van der Waals surface area contributed by atoms with Crippen LogP contribution in [0.2, 0.25) is 10.0 Å². The van der Waals surface area contributed by atoms with Gasteiger partial charge in [0, 0.05) is 5.69 Å². The van der Waals surface area contributed by atoms with Crippen LogP contribution in [0.3, 0.4) is 0 Å². The Morgan fingerprint density at radius 3 is 2.74 bits per heavy atom. The molecule has 12 heteroatoms. The molecule has 0 aromatic heterocycles. The maximum absolute atomic E-state index is 12.9. The number of hydrazine groups is 1. The quantitative estimate of drug-likeness (QED) is 0.227. The number of thioether (sulfide) groups is 1. The van der Waals surface area contributed by atoms with Gasteiger partial charge in [-0.1, -0.05) is 40.9 Å². The summed E-state index contributed by atoms with van der Waals surface area (Å²) in [5, 5.41) is 4.19. The monoisotopic (exact) mass is 599 g/mol. The summed E-state index contributed by atoms with van der Waals surface area (Å²) in [5.74, 6) is 2.85. The van der Waals surface area contributed by atoms with E-state index in [1.807, 2.05) is 6.92 Å². The Bertz CT molecular complexity index is 1230. The summed E-state index contributed by atoms with van der Waals surface area (Å²) in [7, 11) is 0. The zero-order chi connectivity index (χ0) is 24.8. The van der Waals surface area contributed by atoms with Crippen molar-refractivity contribution in [2.45, 2.75) is 6.92 Å². The van der Waals surface area contributed by atoms with E-state index in [0.29, 0.717) is 43.8 Å². The van der Waals surface area contributed by atoms with E-state index in [9.17, 15) is 9.59 Å². The molecule has 1 aliphatic rings. The normalized spacial score (nSPS) is 14.2. The molecule has 176 valence electrons. The molecule has 0 atom stereocenters. The number of amides is 3. The third kappa shape index (κ3) is 6.37. The van der Waals surface area contributed by atoms with E-state index in [1.54, 1.807) is 30.3 Å². The Morgan fingerprint density at radius 1 is 1.29 bits per heavy atom. The van der Waals surface area contributed by atoms with E-state index >= 15 is 0 Å². The van der Waals surface area contributed by atoms with Gasteiger partial charge in [0.05, 0.1) is 26.0 Å². The van der Waals surface area contributed by atoms with Crippen LogP contribution in [0.5, 0.6) is 11.5 Å². The lowest BCUT2D eigenvalue weighted by molar-refractivity contribution is -0.123. The van der Waals surface area contributed by atoms with Crippen LogP contribution < -0.4 is 20.2 Å². The third-order valence-corrected chi connectivity index (χ3v) is 6.74. The van der Waals surface area contributed by atoms with Crippen LogP contribution in [0.25, 0.3) is 6.08 Å². The summed E-state index contributed by atoms with van der Waals surface area (Å²) in [5.41, 5.74) is 3.49. The molecule has 2 aromatic carbocycles. The summed E-state index contributed by atoms with van der Waals surface area (Å²) >= 11 is 21.6. The van der Waals surface area contributed by atoms with Crippen molar-refractivity contribution in [2.75, 3.05) is 18.5 Å². The molecular formula is C22H16BrCl2N3O4S2. The van der Waals surface area contributed by atoms with Gasteiger partial charge in [-0.3, -0.25) is 4.79 Å². The van der Waals surface area contributed by atoms with Gasteiger partial charge in [0.2, 0.25) is 0 Å². The minimum atomic E-state index is -0.674. The number of carbonyl (C=O) groups is 2. The van der Waals surface area contributed by atoms with E-state index < -0.39 is 11.9 Å². The molecule has 34 heavy (non-hydrogen) atoms. The number of hydrogen-bond donors (Lipinski definition) is 2. The minimum absolute atomic E-state index is 0.0760. The van der Waals surface area contributed by atoms with Gasteiger partial charge in [0.25, 0.3) is 5.91 Å². The lowest BCUT2D eigenvalue weighted by atomic mass is 10.2. The molecule has 2 N–H and O–H groups in total. The predicted molar refractivity (Wildman–Crippen MR) is 143 cm³/mol. The van der Waals surface area contributed by atoms with Crippen molar-refractivity contribution in [1.29, 1.82) is 0 Å². The van der Waals surface area contributed by atoms with Crippen molar-refractivity contribution in [2.24, 2.45) is 0 Å². The topological polar surface area (TPSA) is 79.9 Å². The molecule has 1 fully saturated rings. The van der Waals surface area contributed by atoms with Gasteiger partial charge < -0.3 is 14.8 Å². The number of ether oxygens (including phenoxy) is 2. The zero-order valence-corrected chi connectivity index (χ0v) is 22.2. The smallest absolute Gasteiger partial charge is 0.338 e. The summed E-state index contributed by atoms with van der Waals surface area (Å²) < 4.78 is 12.0. The van der Waals surface area contributed by atoms with Gasteiger partial charge in [0.1, 0.15) is 6.61 Å². The number of terminal acetylenes is 1. The van der Waals surface area contributed by atoms with Crippen molar-refractivity contribution in [3.63, 3.8) is 0 Å². The van der Waals surface area contributed by atoms with E-state index in [0.717, 1.165) is 16.8 Å². The van der Waals surface area contributed by atoms with Crippen LogP contribution in [-0.4, -0.2) is 34.5 Å². The number of halogens is 3. The van der Waals surface area contributed by atoms with Crippen LogP contribution in [0.1, 0.15) is 12.5 Å². The number of benzene rings is 2. The average molecular weight is 601 g/mol. The second-order valence-electron chi connectivity index (χ2n) is 6.47. The summed E-state index contributed by atoms with van der Waals surface area (Å²) in [4.78, 5) is 25.6. The molecule has 0 spiro atoms. The summed E-state index contributed by atoms with van der Waals surface area (Å²) in [6, 6.07) is 7.40. The predicted octanol–water partition coefficient (Wildman–Crippen LogP) is 6.10. The Balaban J connectivity index is 1.76. The Kier molecular flexibility index (Phi) is 9.10. The largest absolute Gasteiger partial charge is 0.490 e. The molecule has 0 aliphatic carbocycles. The number of urea groups is 1. The van der Waals surface area contributed by atoms with Gasteiger partial charge >= 0.3 is 6.03 Å². The second kappa shape index (κ2) is 11.8. The highest BCUT2D eigenvalue weighted by Gasteiger charge is 2.33. The molecule has 2 aromatic rings. The lowest BCUT2D eigenvalue weighted by Crippen LogP contribution is -2.46. The van der Waals surface area contributed by atoms with E-state index in [1.165, 1.54) is 6.07 Å². The van der Waals surface area contributed by atoms with Crippen LogP contribution in [0.15, 0.2) is 39.7 Å². The van der Waals surface area contributed by atoms with Crippen LogP contribution in [0.4, 0.5) is 10.5 Å². The highest BCUT2D eigenvalue weighted by atomic mass is 79.9. The van der Waals surface area contributed by atoms with Gasteiger partial charge in [-0.25, -0.2) is 10.2 Å². The number of rotatable bonds is 7. The number of hydrogen-bond acceptors (Lipinski definition) is 6. The molecule has 1 heterocycles. The van der Waals surface area contributed by atoms with Crippen molar-refractivity contribution in [3.8, 4) is 23.8 Å². The standard InChI is InChI=1S/C22H16BrCl2N3O4S2/c1-3-7-32-19-14(23)8-12(9-17(19)31-4-2)10-18-20(29)28(22(33)34-18)27-21(30)26-13-5-6-15(24)16(25)11-13/h1,5-6,8-11H,4,7H2,2H3,(H2,26,27,30)/b18-10-. The molecule has 1 aliphatic heterocycles. The molecule has 3 amide bonds. The highest BCUT2D eigenvalue weighted by Crippen LogP contribution is 2.39. The molecule has 7 nitrogen and oxygen atoms in total. The fourth-order valence-electron chi connectivity index (χ4n) is 2.74. The van der Waals surface area contributed by atoms with Gasteiger partial charge in [0.15, 0.2) is 15.8 Å². The van der Waals surface area contributed by atoms with Crippen LogP contribution in [0, 0.1) is 12.3 Å². The van der Waals surface area contributed by atoms with Gasteiger partial charge in [-0.15, -0.1) is 6.42 Å². The summed E-state index contributed by atoms with van der Waals surface area (Å²) in [6.45, 7) is 2.32. The molecule has 0 saturated carbocycles. The Labute approximate surface area is 224 Å². The Hall–Kier alpha value is -2.42. The molecule has 3 rings (SSSR count). The zero-order valence-electron chi connectivity index (χ0n) is 17.5. The summed E-state index contributed by atoms with van der Waals surface area (Å²) in [6.07, 6.45) is 6.91. The molecule has 1 saturated heterocycles. The first-order valence-corrected chi connectivity index (χ1v) is 12.3. The van der Waals surface area contributed by atoms with Crippen molar-refractivity contribution >= 4 is 91.1 Å². The van der Waals surface area contributed by atoms with Gasteiger partial charge in [-0.05, 0) is 77.0 Å². The number of thiocarbonyl (C=S) groups is 1.